The van der Waals surface area contributed by atoms with Crippen molar-refractivity contribution < 1.29 is 44.3 Å². The van der Waals surface area contributed by atoms with Gasteiger partial charge >= 0.3 is 12.1 Å². The summed E-state index contributed by atoms with van der Waals surface area (Å²) in [6.45, 7) is 0.289. The van der Waals surface area contributed by atoms with E-state index in [0.29, 0.717) is 13.1 Å². The van der Waals surface area contributed by atoms with Gasteiger partial charge in [0.05, 0.1) is 13.2 Å². The Kier molecular flexibility index (Phi) is 6.50. The second kappa shape index (κ2) is 7.64. The Hall–Kier alpha value is -1.76. The SMILES string of the molecule is CCOC(=O)c1c(F)c(S(=O)(=O)N[C@H](C)C(F)(F)F)cn1CC(F)F. The van der Waals surface area contributed by atoms with Gasteiger partial charge in [-0.2, -0.15) is 17.9 Å². The maximum absolute atomic E-state index is 14.3. The predicted molar refractivity (Wildman–Crippen MR) is 72.2 cm³/mol. The number of hydrogen-bond donors (Lipinski definition) is 1. The van der Waals surface area contributed by atoms with Gasteiger partial charge in [0.15, 0.2) is 11.5 Å². The van der Waals surface area contributed by atoms with Crippen LogP contribution in [-0.4, -0.2) is 44.2 Å². The van der Waals surface area contributed by atoms with Crippen LogP contribution in [0.3, 0.4) is 0 Å². The molecule has 1 aromatic heterocycles. The molecule has 1 rings (SSSR count). The fourth-order valence-corrected chi connectivity index (χ4v) is 3.08. The number of sulfonamides is 1. The highest BCUT2D eigenvalue weighted by Crippen LogP contribution is 2.25. The predicted octanol–water partition coefficient (Wildman–Crippen LogP) is 2.30. The number of nitrogens with one attached hydrogen (secondary N) is 1. The van der Waals surface area contributed by atoms with Crippen LogP contribution in [0.15, 0.2) is 11.1 Å². The van der Waals surface area contributed by atoms with Gasteiger partial charge in [-0.25, -0.2) is 26.4 Å². The third-order valence-corrected chi connectivity index (χ3v) is 4.43. The molecule has 25 heavy (non-hydrogen) atoms. The van der Waals surface area contributed by atoms with E-state index in [0.717, 1.165) is 0 Å². The van der Waals surface area contributed by atoms with E-state index >= 15 is 0 Å². The van der Waals surface area contributed by atoms with Gasteiger partial charge < -0.3 is 9.30 Å². The average Bonchev–Trinajstić information content (AvgIpc) is 2.74. The van der Waals surface area contributed by atoms with Crippen molar-refractivity contribution in [2.45, 2.75) is 43.9 Å². The van der Waals surface area contributed by atoms with Crippen molar-refractivity contribution in [1.82, 2.24) is 9.29 Å². The zero-order valence-electron chi connectivity index (χ0n) is 12.9. The molecule has 144 valence electrons. The van der Waals surface area contributed by atoms with E-state index in [9.17, 15) is 39.6 Å². The van der Waals surface area contributed by atoms with Gasteiger partial charge in [0, 0.05) is 6.20 Å². The third kappa shape index (κ3) is 5.11. The monoisotopic (exact) mass is 396 g/mol. The minimum atomic E-state index is -5.08. The number of rotatable bonds is 7. The molecule has 1 heterocycles. The number of carbonyl (C=O) groups excluding carboxylic acids is 1. The molecule has 0 saturated carbocycles. The third-order valence-electron chi connectivity index (χ3n) is 2.90. The van der Waals surface area contributed by atoms with Crippen molar-refractivity contribution in [1.29, 1.82) is 0 Å². The molecule has 1 N–H and O–H groups in total. The lowest BCUT2D eigenvalue weighted by atomic mass is 10.4. The fraction of sp³-hybridized carbons (Fsp3) is 0.583. The van der Waals surface area contributed by atoms with E-state index in [-0.39, 0.29) is 11.2 Å². The molecule has 0 saturated heterocycles. The summed E-state index contributed by atoms with van der Waals surface area (Å²) in [5.41, 5.74) is -1.12. The molecule has 0 aliphatic rings. The number of carbonyl (C=O) groups is 1. The largest absolute Gasteiger partial charge is 0.461 e. The summed E-state index contributed by atoms with van der Waals surface area (Å²) in [7, 11) is -5.08. The Morgan fingerprint density at radius 2 is 1.92 bits per heavy atom. The fourth-order valence-electron chi connectivity index (χ4n) is 1.75. The lowest BCUT2D eigenvalue weighted by Gasteiger charge is -2.16. The highest BCUT2D eigenvalue weighted by Gasteiger charge is 2.40. The van der Waals surface area contributed by atoms with Crippen molar-refractivity contribution >= 4 is 16.0 Å². The van der Waals surface area contributed by atoms with Crippen LogP contribution in [0.5, 0.6) is 0 Å². The second-order valence-electron chi connectivity index (χ2n) is 4.80. The smallest absolute Gasteiger partial charge is 0.404 e. The normalized spacial score (nSPS) is 14.0. The van der Waals surface area contributed by atoms with Crippen molar-refractivity contribution in [2.75, 3.05) is 6.61 Å². The molecule has 0 aromatic carbocycles. The average molecular weight is 396 g/mol. The Balaban J connectivity index is 3.38. The van der Waals surface area contributed by atoms with E-state index < -0.39 is 57.6 Å². The minimum absolute atomic E-state index is 0.260. The van der Waals surface area contributed by atoms with Gasteiger partial charge in [-0.1, -0.05) is 0 Å². The Morgan fingerprint density at radius 3 is 2.36 bits per heavy atom. The van der Waals surface area contributed by atoms with Crippen molar-refractivity contribution in [3.8, 4) is 0 Å². The molecule has 1 atom stereocenters. The first kappa shape index (κ1) is 21.3. The second-order valence-corrected chi connectivity index (χ2v) is 6.49. The number of nitrogens with zero attached hydrogens (tertiary/aromatic N) is 1. The highest BCUT2D eigenvalue weighted by atomic mass is 32.2. The number of esters is 1. The number of halogens is 6. The Morgan fingerprint density at radius 1 is 1.36 bits per heavy atom. The summed E-state index contributed by atoms with van der Waals surface area (Å²) in [5.74, 6) is -3.20. The van der Waals surface area contributed by atoms with Crippen LogP contribution in [0, 0.1) is 5.82 Å². The number of aromatic nitrogens is 1. The summed E-state index contributed by atoms with van der Waals surface area (Å²) >= 11 is 0. The highest BCUT2D eigenvalue weighted by molar-refractivity contribution is 7.89. The van der Waals surface area contributed by atoms with E-state index in [1.165, 1.54) is 11.6 Å². The molecular formula is C12H14F6N2O4S. The van der Waals surface area contributed by atoms with E-state index in [1.807, 2.05) is 0 Å². The summed E-state index contributed by atoms with van der Waals surface area (Å²) < 4.78 is 107. The Labute approximate surface area is 138 Å². The molecule has 0 amide bonds. The molecule has 0 radical (unpaired) electrons. The Bertz CT molecular complexity index is 729. The summed E-state index contributed by atoms with van der Waals surface area (Å²) in [6, 6.07) is -2.57. The van der Waals surface area contributed by atoms with Gasteiger partial charge in [0.1, 0.15) is 10.9 Å². The van der Waals surface area contributed by atoms with Gasteiger partial charge in [-0.3, -0.25) is 0 Å². The molecule has 0 fully saturated rings. The van der Waals surface area contributed by atoms with Crippen LogP contribution in [0.25, 0.3) is 0 Å². The molecule has 0 spiro atoms. The quantitative estimate of drug-likeness (QED) is 0.567. The van der Waals surface area contributed by atoms with E-state index in [4.69, 9.17) is 0 Å². The summed E-state index contributed by atoms with van der Waals surface area (Å²) in [6.07, 6.45) is -7.73. The number of alkyl halides is 5. The lowest BCUT2D eigenvalue weighted by Crippen LogP contribution is -2.43. The van der Waals surface area contributed by atoms with Crippen LogP contribution in [0.2, 0.25) is 0 Å². The summed E-state index contributed by atoms with van der Waals surface area (Å²) in [5, 5.41) is 0. The first-order valence-corrected chi connectivity index (χ1v) is 8.22. The molecule has 6 nitrogen and oxygen atoms in total. The number of hydrogen-bond acceptors (Lipinski definition) is 4. The number of ether oxygens (including phenoxy) is 1. The molecule has 0 aliphatic carbocycles. The zero-order valence-corrected chi connectivity index (χ0v) is 13.7. The topological polar surface area (TPSA) is 77.4 Å². The van der Waals surface area contributed by atoms with Crippen molar-refractivity contribution in [3.05, 3.63) is 17.7 Å². The molecule has 1 aromatic rings. The van der Waals surface area contributed by atoms with Crippen LogP contribution in [0.1, 0.15) is 24.3 Å². The maximum atomic E-state index is 14.3. The van der Waals surface area contributed by atoms with Gasteiger partial charge in [0.2, 0.25) is 10.0 Å². The van der Waals surface area contributed by atoms with Crippen molar-refractivity contribution in [2.24, 2.45) is 0 Å². The van der Waals surface area contributed by atoms with Crippen LogP contribution >= 0.6 is 0 Å². The molecule has 0 unspecified atom stereocenters. The standard InChI is InChI=1S/C12H14F6N2O4S/c1-3-24-11(21)10-9(15)7(4-20(10)5-8(13)14)25(22,23)19-6(2)12(16,17)18/h4,6,8,19H,3,5H2,1-2H3/t6-/m1/s1. The summed E-state index contributed by atoms with van der Waals surface area (Å²) in [4.78, 5) is 10.3. The molecule has 0 bridgehead atoms. The van der Waals surface area contributed by atoms with Gasteiger partial charge in [-0.15, -0.1) is 0 Å². The lowest BCUT2D eigenvalue weighted by molar-refractivity contribution is -0.147. The maximum Gasteiger partial charge on any atom is 0.404 e. The van der Waals surface area contributed by atoms with Crippen LogP contribution in [0.4, 0.5) is 26.3 Å². The zero-order chi connectivity index (χ0) is 19.6. The van der Waals surface area contributed by atoms with Crippen LogP contribution < -0.4 is 4.72 Å². The van der Waals surface area contributed by atoms with Crippen molar-refractivity contribution in [3.63, 3.8) is 0 Å². The minimum Gasteiger partial charge on any atom is -0.461 e. The van der Waals surface area contributed by atoms with E-state index in [2.05, 4.69) is 4.74 Å². The first-order valence-electron chi connectivity index (χ1n) is 6.74. The van der Waals surface area contributed by atoms with Gasteiger partial charge in [0.25, 0.3) is 6.43 Å². The molecular weight excluding hydrogens is 382 g/mol. The molecule has 13 heteroatoms. The first-order chi connectivity index (χ1) is 11.3. The van der Waals surface area contributed by atoms with E-state index in [1.54, 1.807) is 0 Å². The van der Waals surface area contributed by atoms with Gasteiger partial charge in [-0.05, 0) is 13.8 Å². The molecule has 0 aliphatic heterocycles. The van der Waals surface area contributed by atoms with Crippen LogP contribution in [-0.2, 0) is 21.3 Å².